The summed E-state index contributed by atoms with van der Waals surface area (Å²) in [4.78, 5) is 48.8. The number of ether oxygens (including phenoxy) is 2. The second-order valence-electron chi connectivity index (χ2n) is 8.68. The molecule has 0 amide bonds. The van der Waals surface area contributed by atoms with Gasteiger partial charge in [-0.2, -0.15) is 0 Å². The van der Waals surface area contributed by atoms with Crippen molar-refractivity contribution in [3.8, 4) is 11.5 Å². The highest BCUT2D eigenvalue weighted by Crippen LogP contribution is 2.31. The van der Waals surface area contributed by atoms with Gasteiger partial charge >= 0.3 is 23.9 Å². The molecule has 1 saturated carbocycles. The third-order valence-corrected chi connectivity index (χ3v) is 5.99. The van der Waals surface area contributed by atoms with Gasteiger partial charge < -0.3 is 29.3 Å². The number of nitrogens with zero attached hydrogens (tertiary/aromatic N) is 2. The molecule has 11 nitrogen and oxygen atoms in total. The van der Waals surface area contributed by atoms with E-state index in [1.807, 2.05) is 6.92 Å². The Hall–Kier alpha value is -3.18. The number of quaternary nitrogens is 1. The van der Waals surface area contributed by atoms with Crippen LogP contribution in [0.4, 0.5) is 0 Å². The number of carboxylic acid groups (broad SMARTS) is 3. The van der Waals surface area contributed by atoms with Gasteiger partial charge in [0.2, 0.25) is 0 Å². The molecule has 11 heteroatoms. The third kappa shape index (κ3) is 7.99. The zero-order valence-electron chi connectivity index (χ0n) is 19.5. The van der Waals surface area contributed by atoms with Crippen molar-refractivity contribution in [3.63, 3.8) is 0 Å². The average Bonchev–Trinajstić information content (AvgIpc) is 2.73. The Morgan fingerprint density at radius 1 is 0.912 bits per heavy atom. The Balaban J connectivity index is 2.24. The van der Waals surface area contributed by atoms with Crippen LogP contribution >= 0.6 is 0 Å². The first-order valence-electron chi connectivity index (χ1n) is 11.2. The summed E-state index contributed by atoms with van der Waals surface area (Å²) in [5.41, 5.74) is 0. The van der Waals surface area contributed by atoms with Gasteiger partial charge in [-0.25, -0.2) is 9.59 Å². The topological polar surface area (TPSA) is 151 Å². The van der Waals surface area contributed by atoms with Crippen molar-refractivity contribution in [3.05, 3.63) is 24.3 Å². The Morgan fingerprint density at radius 2 is 1.47 bits per heavy atom. The zero-order valence-corrected chi connectivity index (χ0v) is 19.5. The molecule has 1 fully saturated rings. The molecule has 0 aromatic heterocycles. The summed E-state index contributed by atoms with van der Waals surface area (Å²) >= 11 is 0. The average molecular weight is 482 g/mol. The van der Waals surface area contributed by atoms with E-state index in [9.17, 15) is 34.5 Å². The number of carboxylic acids is 3. The highest BCUT2D eigenvalue weighted by Gasteiger charge is 2.46. The maximum absolute atomic E-state index is 12.7. The first kappa shape index (κ1) is 27.1. The van der Waals surface area contributed by atoms with Gasteiger partial charge in [0.15, 0.2) is 13.1 Å². The molecular formula is C23H33N2O9+. The molecular weight excluding hydrogens is 448 g/mol. The van der Waals surface area contributed by atoms with Crippen LogP contribution in [0.1, 0.15) is 32.6 Å². The van der Waals surface area contributed by atoms with Gasteiger partial charge in [-0.1, -0.05) is 6.42 Å². The summed E-state index contributed by atoms with van der Waals surface area (Å²) in [6.45, 7) is 0.698. The highest BCUT2D eigenvalue weighted by atomic mass is 16.5. The van der Waals surface area contributed by atoms with E-state index in [1.165, 1.54) is 4.90 Å². The molecule has 1 aromatic carbocycles. The van der Waals surface area contributed by atoms with Crippen LogP contribution in [0.5, 0.6) is 11.5 Å². The number of likely N-dealkylation sites (N-methyl/N-ethyl adjacent to an activating group) is 1. The van der Waals surface area contributed by atoms with Crippen LogP contribution in [0.15, 0.2) is 24.3 Å². The van der Waals surface area contributed by atoms with E-state index < -0.39 is 55.6 Å². The number of carbonyl (C=O) groups is 4. The maximum atomic E-state index is 12.7. The van der Waals surface area contributed by atoms with Crippen molar-refractivity contribution < 1.29 is 48.5 Å². The number of hydrogen-bond donors (Lipinski definition) is 3. The number of benzene rings is 1. The Labute approximate surface area is 198 Å². The number of esters is 1. The van der Waals surface area contributed by atoms with E-state index >= 15 is 0 Å². The van der Waals surface area contributed by atoms with E-state index in [1.54, 1.807) is 31.3 Å². The Kier molecular flexibility index (Phi) is 9.82. The molecule has 0 aliphatic heterocycles. The van der Waals surface area contributed by atoms with E-state index in [0.29, 0.717) is 25.2 Å². The first-order chi connectivity index (χ1) is 16.0. The molecule has 1 aliphatic carbocycles. The van der Waals surface area contributed by atoms with Crippen molar-refractivity contribution in [1.29, 1.82) is 0 Å². The van der Waals surface area contributed by atoms with Gasteiger partial charge in [0.1, 0.15) is 17.5 Å². The van der Waals surface area contributed by atoms with Crippen molar-refractivity contribution in [2.45, 2.75) is 44.7 Å². The lowest BCUT2D eigenvalue weighted by molar-refractivity contribution is -0.923. The van der Waals surface area contributed by atoms with Gasteiger partial charge in [0.05, 0.1) is 32.8 Å². The van der Waals surface area contributed by atoms with Crippen molar-refractivity contribution in [1.82, 2.24) is 4.90 Å². The molecule has 0 radical (unpaired) electrons. The summed E-state index contributed by atoms with van der Waals surface area (Å²) in [6.07, 6.45) is 2.55. The first-order valence-corrected chi connectivity index (χ1v) is 11.2. The van der Waals surface area contributed by atoms with Crippen LogP contribution in [-0.4, -0.2) is 100 Å². The standard InChI is InChI=1S/C23H32N2O9/c1-3-33-16-8-10-17(11-9-16)34-23(32)13-24(12-20(26)27)18-6-4-5-7-19(18)25(2,14-21(28)29)15-22(30)31/h8-11,18-19H,3-7,12-15H2,1-2H3,(H2-,26,27,28,29,30,31)/p+1/t18-,19-/m1/s1. The molecule has 188 valence electrons. The minimum Gasteiger partial charge on any atom is -0.494 e. The molecule has 2 rings (SSSR count). The van der Waals surface area contributed by atoms with Crippen molar-refractivity contribution >= 4 is 23.9 Å². The molecule has 0 unspecified atom stereocenters. The predicted molar refractivity (Wildman–Crippen MR) is 120 cm³/mol. The van der Waals surface area contributed by atoms with Crippen LogP contribution in [0.3, 0.4) is 0 Å². The second kappa shape index (κ2) is 12.3. The molecule has 1 aromatic rings. The number of aliphatic carboxylic acids is 3. The van der Waals surface area contributed by atoms with Gasteiger partial charge in [-0.15, -0.1) is 0 Å². The monoisotopic (exact) mass is 481 g/mol. The second-order valence-corrected chi connectivity index (χ2v) is 8.68. The minimum atomic E-state index is -1.15. The highest BCUT2D eigenvalue weighted by molar-refractivity contribution is 5.76. The largest absolute Gasteiger partial charge is 0.494 e. The van der Waals surface area contributed by atoms with Gasteiger partial charge in [0, 0.05) is 6.42 Å². The number of hydrogen-bond acceptors (Lipinski definition) is 7. The summed E-state index contributed by atoms with van der Waals surface area (Å²) < 4.78 is 10.4. The molecule has 0 bridgehead atoms. The van der Waals surface area contributed by atoms with Crippen LogP contribution in [0, 0.1) is 0 Å². The molecule has 1 aliphatic rings. The fourth-order valence-corrected chi connectivity index (χ4v) is 4.72. The van der Waals surface area contributed by atoms with Crippen LogP contribution < -0.4 is 9.47 Å². The van der Waals surface area contributed by atoms with Crippen LogP contribution in [0.2, 0.25) is 0 Å². The normalized spacial score (nSPS) is 18.3. The zero-order chi connectivity index (χ0) is 25.3. The quantitative estimate of drug-likeness (QED) is 0.214. The summed E-state index contributed by atoms with van der Waals surface area (Å²) in [5.74, 6) is -3.21. The fourth-order valence-electron chi connectivity index (χ4n) is 4.72. The summed E-state index contributed by atoms with van der Waals surface area (Å²) in [7, 11) is 1.56. The lowest BCUT2D eigenvalue weighted by Crippen LogP contribution is -2.65. The number of carbonyl (C=O) groups excluding carboxylic acids is 1. The molecule has 0 spiro atoms. The Bertz CT molecular complexity index is 856. The van der Waals surface area contributed by atoms with Gasteiger partial charge in [0.25, 0.3) is 0 Å². The van der Waals surface area contributed by atoms with Crippen LogP contribution in [0.25, 0.3) is 0 Å². The van der Waals surface area contributed by atoms with Gasteiger partial charge in [-0.3, -0.25) is 14.5 Å². The lowest BCUT2D eigenvalue weighted by atomic mass is 9.86. The lowest BCUT2D eigenvalue weighted by Gasteiger charge is -2.48. The smallest absolute Gasteiger partial charge is 0.359 e. The molecule has 3 N–H and O–H groups in total. The van der Waals surface area contributed by atoms with Crippen molar-refractivity contribution in [2.75, 3.05) is 39.8 Å². The van der Waals surface area contributed by atoms with Crippen LogP contribution in [-0.2, 0) is 19.2 Å². The summed E-state index contributed by atoms with van der Waals surface area (Å²) in [5, 5.41) is 28.3. The fraction of sp³-hybridized carbons (Fsp3) is 0.565. The van der Waals surface area contributed by atoms with E-state index in [-0.39, 0.29) is 16.8 Å². The van der Waals surface area contributed by atoms with E-state index in [0.717, 1.165) is 12.8 Å². The number of rotatable bonds is 13. The van der Waals surface area contributed by atoms with E-state index in [4.69, 9.17) is 9.47 Å². The maximum Gasteiger partial charge on any atom is 0.359 e. The minimum absolute atomic E-state index is 0.279. The van der Waals surface area contributed by atoms with Crippen molar-refractivity contribution in [2.24, 2.45) is 0 Å². The Morgan fingerprint density at radius 3 is 2.00 bits per heavy atom. The molecule has 2 atom stereocenters. The third-order valence-electron chi connectivity index (χ3n) is 5.99. The molecule has 0 saturated heterocycles. The predicted octanol–water partition coefficient (Wildman–Crippen LogP) is 1.30. The SMILES string of the molecule is CCOc1ccc(OC(=O)CN(CC(=O)O)[C@@H]2CCCC[C@H]2[N+](C)(CC(=O)O)CC(=O)O)cc1. The summed E-state index contributed by atoms with van der Waals surface area (Å²) in [6, 6.07) is 5.47. The molecule has 0 heterocycles. The van der Waals surface area contributed by atoms with E-state index in [2.05, 4.69) is 0 Å². The molecule has 34 heavy (non-hydrogen) atoms. The van der Waals surface area contributed by atoms with Gasteiger partial charge in [-0.05, 0) is 44.0 Å².